The van der Waals surface area contributed by atoms with Crippen LogP contribution < -0.4 is 0 Å². The molecule has 0 saturated heterocycles. The molecule has 4 heteroatoms. The van der Waals surface area contributed by atoms with Gasteiger partial charge in [0.15, 0.2) is 0 Å². The van der Waals surface area contributed by atoms with Crippen molar-refractivity contribution in [3.63, 3.8) is 0 Å². The largest absolute Gasteiger partial charge is 0.375 e. The Kier molecular flexibility index (Phi) is 6.53. The highest BCUT2D eigenvalue weighted by molar-refractivity contribution is 5.77. The molecule has 1 amide bonds. The molecule has 0 aliphatic rings. The van der Waals surface area contributed by atoms with Gasteiger partial charge in [0.2, 0.25) is 5.91 Å². The fourth-order valence-electron chi connectivity index (χ4n) is 1.82. The van der Waals surface area contributed by atoms with Crippen molar-refractivity contribution in [3.05, 3.63) is 35.4 Å². The summed E-state index contributed by atoms with van der Waals surface area (Å²) in [7, 11) is 5.56. The van der Waals surface area contributed by atoms with Gasteiger partial charge in [-0.1, -0.05) is 24.3 Å². The molecule has 4 nitrogen and oxygen atoms in total. The lowest BCUT2D eigenvalue weighted by Gasteiger charge is -2.25. The van der Waals surface area contributed by atoms with Crippen LogP contribution in [0.25, 0.3) is 0 Å². The molecule has 106 valence electrons. The molecule has 0 N–H and O–H groups in total. The van der Waals surface area contributed by atoms with Gasteiger partial charge in [-0.2, -0.15) is 0 Å². The molecule has 0 fully saturated rings. The average molecular weight is 264 g/mol. The number of aryl methyl sites for hydroxylation is 1. The Morgan fingerprint density at radius 1 is 1.21 bits per heavy atom. The van der Waals surface area contributed by atoms with Gasteiger partial charge in [-0.15, -0.1) is 0 Å². The van der Waals surface area contributed by atoms with Crippen molar-refractivity contribution in [2.24, 2.45) is 0 Å². The van der Waals surface area contributed by atoms with E-state index in [1.807, 2.05) is 31.1 Å². The van der Waals surface area contributed by atoms with E-state index in [0.29, 0.717) is 13.1 Å². The Bertz CT molecular complexity index is 405. The van der Waals surface area contributed by atoms with Gasteiger partial charge >= 0.3 is 0 Å². The number of likely N-dealkylation sites (N-methyl/N-ethyl adjacent to an activating group) is 1. The van der Waals surface area contributed by atoms with Crippen LogP contribution in [-0.4, -0.2) is 56.6 Å². The number of ether oxygens (including phenoxy) is 1. The third-order valence-electron chi connectivity index (χ3n) is 3.06. The normalized spacial score (nSPS) is 10.8. The summed E-state index contributed by atoms with van der Waals surface area (Å²) >= 11 is 0. The first-order valence-corrected chi connectivity index (χ1v) is 6.50. The second-order valence-electron chi connectivity index (χ2n) is 4.98. The van der Waals surface area contributed by atoms with Gasteiger partial charge in [0.1, 0.15) is 6.61 Å². The molecule has 0 saturated carbocycles. The SMILES string of the molecule is COCC(=O)N(CCN(C)C)Cc1ccccc1C. The number of rotatable bonds is 7. The molecule has 0 heterocycles. The minimum atomic E-state index is 0.0348. The minimum absolute atomic E-state index is 0.0348. The predicted molar refractivity (Wildman–Crippen MR) is 77.0 cm³/mol. The molecule has 19 heavy (non-hydrogen) atoms. The predicted octanol–water partition coefficient (Wildman–Crippen LogP) is 1.53. The van der Waals surface area contributed by atoms with Crippen LogP contribution in [0.1, 0.15) is 11.1 Å². The van der Waals surface area contributed by atoms with Crippen molar-refractivity contribution < 1.29 is 9.53 Å². The number of benzene rings is 1. The molecular formula is C15H24N2O2. The van der Waals surface area contributed by atoms with Crippen LogP contribution in [0.2, 0.25) is 0 Å². The fourth-order valence-corrected chi connectivity index (χ4v) is 1.82. The molecule has 1 aromatic rings. The standard InChI is InChI=1S/C15H24N2O2/c1-13-7-5-6-8-14(13)11-17(10-9-16(2)3)15(18)12-19-4/h5-8H,9-12H2,1-4H3. The van der Waals surface area contributed by atoms with Crippen LogP contribution in [0.5, 0.6) is 0 Å². The molecule has 0 spiro atoms. The molecule has 0 unspecified atom stereocenters. The number of hydrogen-bond donors (Lipinski definition) is 0. The maximum Gasteiger partial charge on any atom is 0.248 e. The van der Waals surface area contributed by atoms with Crippen LogP contribution >= 0.6 is 0 Å². The first-order chi connectivity index (χ1) is 9.04. The highest BCUT2D eigenvalue weighted by Crippen LogP contribution is 2.10. The van der Waals surface area contributed by atoms with Crippen LogP contribution in [0.4, 0.5) is 0 Å². The van der Waals surface area contributed by atoms with Gasteiger partial charge in [0.25, 0.3) is 0 Å². The van der Waals surface area contributed by atoms with Crippen LogP contribution in [0.15, 0.2) is 24.3 Å². The average Bonchev–Trinajstić information content (AvgIpc) is 2.36. The Morgan fingerprint density at radius 2 is 1.89 bits per heavy atom. The number of carbonyl (C=O) groups excluding carboxylic acids is 1. The molecule has 1 rings (SSSR count). The van der Waals surface area contributed by atoms with E-state index in [1.54, 1.807) is 7.11 Å². The number of methoxy groups -OCH3 is 1. The summed E-state index contributed by atoms with van der Waals surface area (Å²) < 4.78 is 4.95. The van der Waals surface area contributed by atoms with Gasteiger partial charge < -0.3 is 14.5 Å². The van der Waals surface area contributed by atoms with Crippen molar-refractivity contribution in [3.8, 4) is 0 Å². The molecule has 0 aliphatic heterocycles. The molecule has 1 aromatic carbocycles. The molecule has 0 bridgehead atoms. The third-order valence-corrected chi connectivity index (χ3v) is 3.06. The molecule has 0 aliphatic carbocycles. The zero-order valence-corrected chi connectivity index (χ0v) is 12.3. The number of amides is 1. The van der Waals surface area contributed by atoms with Gasteiger partial charge in [-0.25, -0.2) is 0 Å². The van der Waals surface area contributed by atoms with Crippen molar-refractivity contribution in [2.45, 2.75) is 13.5 Å². The number of carbonyl (C=O) groups is 1. The Labute approximate surface area is 116 Å². The lowest BCUT2D eigenvalue weighted by atomic mass is 10.1. The Morgan fingerprint density at radius 3 is 2.47 bits per heavy atom. The molecular weight excluding hydrogens is 240 g/mol. The zero-order valence-electron chi connectivity index (χ0n) is 12.3. The summed E-state index contributed by atoms with van der Waals surface area (Å²) in [6, 6.07) is 8.16. The molecule has 0 aromatic heterocycles. The van der Waals surface area contributed by atoms with E-state index in [2.05, 4.69) is 24.0 Å². The summed E-state index contributed by atoms with van der Waals surface area (Å²) in [5, 5.41) is 0. The van der Waals surface area contributed by atoms with Crippen molar-refractivity contribution in [2.75, 3.05) is 40.9 Å². The fraction of sp³-hybridized carbons (Fsp3) is 0.533. The maximum absolute atomic E-state index is 12.1. The topological polar surface area (TPSA) is 32.8 Å². The van der Waals surface area contributed by atoms with E-state index >= 15 is 0 Å². The summed E-state index contributed by atoms with van der Waals surface area (Å²) in [6.07, 6.45) is 0. The highest BCUT2D eigenvalue weighted by Gasteiger charge is 2.14. The first kappa shape index (κ1) is 15.7. The first-order valence-electron chi connectivity index (χ1n) is 6.50. The smallest absolute Gasteiger partial charge is 0.248 e. The van der Waals surface area contributed by atoms with Gasteiger partial charge in [0, 0.05) is 26.7 Å². The summed E-state index contributed by atoms with van der Waals surface area (Å²) in [5.74, 6) is 0.0348. The highest BCUT2D eigenvalue weighted by atomic mass is 16.5. The van der Waals surface area contributed by atoms with E-state index in [-0.39, 0.29) is 12.5 Å². The third kappa shape index (κ3) is 5.41. The zero-order chi connectivity index (χ0) is 14.3. The summed E-state index contributed by atoms with van der Waals surface area (Å²) in [5.41, 5.74) is 2.40. The van der Waals surface area contributed by atoms with Crippen LogP contribution in [0.3, 0.4) is 0 Å². The number of nitrogens with zero attached hydrogens (tertiary/aromatic N) is 2. The van der Waals surface area contributed by atoms with E-state index < -0.39 is 0 Å². The van der Waals surface area contributed by atoms with Gasteiger partial charge in [0.05, 0.1) is 0 Å². The van der Waals surface area contributed by atoms with Crippen molar-refractivity contribution in [1.29, 1.82) is 0 Å². The Hall–Kier alpha value is -1.39. The van der Waals surface area contributed by atoms with Crippen LogP contribution in [-0.2, 0) is 16.1 Å². The Balaban J connectivity index is 2.73. The second-order valence-corrected chi connectivity index (χ2v) is 4.98. The lowest BCUT2D eigenvalue weighted by molar-refractivity contribution is -0.135. The van der Waals surface area contributed by atoms with Gasteiger partial charge in [-0.3, -0.25) is 4.79 Å². The van der Waals surface area contributed by atoms with E-state index in [4.69, 9.17) is 4.74 Å². The molecule has 0 atom stereocenters. The summed E-state index contributed by atoms with van der Waals surface area (Å²) in [6.45, 7) is 4.41. The van der Waals surface area contributed by atoms with Crippen molar-refractivity contribution in [1.82, 2.24) is 9.80 Å². The van der Waals surface area contributed by atoms with E-state index in [9.17, 15) is 4.79 Å². The lowest BCUT2D eigenvalue weighted by Crippen LogP contribution is -2.38. The maximum atomic E-state index is 12.1. The second kappa shape index (κ2) is 7.92. The van der Waals surface area contributed by atoms with Crippen LogP contribution in [0, 0.1) is 6.92 Å². The number of hydrogen-bond acceptors (Lipinski definition) is 3. The van der Waals surface area contributed by atoms with Crippen molar-refractivity contribution >= 4 is 5.91 Å². The minimum Gasteiger partial charge on any atom is -0.375 e. The quantitative estimate of drug-likeness (QED) is 0.749. The van der Waals surface area contributed by atoms with E-state index in [0.717, 1.165) is 6.54 Å². The monoisotopic (exact) mass is 264 g/mol. The van der Waals surface area contributed by atoms with Gasteiger partial charge in [-0.05, 0) is 32.1 Å². The summed E-state index contributed by atoms with van der Waals surface area (Å²) in [4.78, 5) is 16.0. The van der Waals surface area contributed by atoms with E-state index in [1.165, 1.54) is 11.1 Å². The molecule has 0 radical (unpaired) electrons.